The molecule has 2 aliphatic rings. The van der Waals surface area contributed by atoms with Crippen LogP contribution < -0.4 is 4.90 Å². The predicted molar refractivity (Wildman–Crippen MR) is 81.4 cm³/mol. The Morgan fingerprint density at radius 2 is 1.86 bits per heavy atom. The molecule has 1 saturated heterocycles. The lowest BCUT2D eigenvalue weighted by atomic mass is 9.81. The minimum atomic E-state index is -0.879. The van der Waals surface area contributed by atoms with Crippen LogP contribution in [0.4, 0.5) is 5.69 Å². The second-order valence-corrected chi connectivity index (χ2v) is 6.33. The second-order valence-electron chi connectivity index (χ2n) is 6.33. The predicted octanol–water partition coefficient (Wildman–Crippen LogP) is 2.35. The second kappa shape index (κ2) is 5.72. The zero-order valence-electron chi connectivity index (χ0n) is 12.6. The van der Waals surface area contributed by atoms with Gasteiger partial charge in [-0.25, -0.2) is 0 Å². The molecule has 1 aromatic rings. The summed E-state index contributed by atoms with van der Waals surface area (Å²) in [6.45, 7) is 1.63. The monoisotopic (exact) mass is 303 g/mol. The van der Waals surface area contributed by atoms with Crippen LogP contribution in [0.15, 0.2) is 24.3 Å². The number of anilines is 1. The molecule has 5 heteroatoms. The fourth-order valence-corrected chi connectivity index (χ4v) is 3.67. The van der Waals surface area contributed by atoms with E-state index in [4.69, 9.17) is 5.11 Å². The minimum absolute atomic E-state index is 0.00349. The highest BCUT2D eigenvalue weighted by atomic mass is 16.4. The van der Waals surface area contributed by atoms with Gasteiger partial charge in [0.15, 0.2) is 0 Å². The quantitative estimate of drug-likeness (QED) is 0.898. The number of aliphatic carboxylic acids is 1. The Labute approximate surface area is 129 Å². The molecule has 0 bridgehead atoms. The summed E-state index contributed by atoms with van der Waals surface area (Å²) in [6.07, 6.45) is 3.09. The third-order valence-electron chi connectivity index (χ3n) is 5.06. The average molecular weight is 303 g/mol. The molecule has 1 saturated carbocycles. The number of amides is 1. The van der Waals surface area contributed by atoms with E-state index in [-0.39, 0.29) is 17.7 Å². The van der Waals surface area contributed by atoms with Crippen molar-refractivity contribution in [1.29, 1.82) is 0 Å². The number of nitrogens with zero attached hydrogens (tertiary/aromatic N) is 1. The Balaban J connectivity index is 1.84. The first-order valence-electron chi connectivity index (χ1n) is 7.84. The van der Waals surface area contributed by atoms with Gasteiger partial charge in [0.25, 0.3) is 0 Å². The van der Waals surface area contributed by atoms with Gasteiger partial charge in [0.1, 0.15) is 6.23 Å². The molecular formula is C17H21NO4. The summed E-state index contributed by atoms with van der Waals surface area (Å²) in [5.74, 6) is -1.51. The van der Waals surface area contributed by atoms with Gasteiger partial charge in [0.05, 0.1) is 5.92 Å². The third-order valence-corrected chi connectivity index (χ3v) is 5.06. The van der Waals surface area contributed by atoms with Crippen molar-refractivity contribution in [3.05, 3.63) is 29.8 Å². The highest BCUT2D eigenvalue weighted by Crippen LogP contribution is 2.42. The first kappa shape index (κ1) is 15.0. The number of hydrogen-bond donors (Lipinski definition) is 2. The SMILES string of the molecule is CC(C(=O)O)c1ccc(N2C(=O)C3CCCCC3C2O)cc1. The Kier molecular flexibility index (Phi) is 3.91. The molecule has 2 fully saturated rings. The maximum absolute atomic E-state index is 12.5. The van der Waals surface area contributed by atoms with Gasteiger partial charge in [-0.1, -0.05) is 25.0 Å². The molecule has 1 aliphatic heterocycles. The van der Waals surface area contributed by atoms with Crippen LogP contribution in [0.2, 0.25) is 0 Å². The van der Waals surface area contributed by atoms with Crippen LogP contribution in [0.5, 0.6) is 0 Å². The van der Waals surface area contributed by atoms with Gasteiger partial charge in [0, 0.05) is 17.5 Å². The molecule has 5 nitrogen and oxygen atoms in total. The van der Waals surface area contributed by atoms with Crippen LogP contribution in [0.25, 0.3) is 0 Å². The standard InChI is InChI=1S/C17H21NO4/c1-10(17(21)22)11-6-8-12(9-7-11)18-15(19)13-4-2-3-5-14(13)16(18)20/h6-10,13-15,19H,2-5H2,1H3,(H,21,22). The normalized spacial score (nSPS) is 29.3. The number of carbonyl (C=O) groups excluding carboxylic acids is 1. The van der Waals surface area contributed by atoms with Gasteiger partial charge >= 0.3 is 5.97 Å². The number of aliphatic hydroxyl groups excluding tert-OH is 1. The molecule has 1 amide bonds. The summed E-state index contributed by atoms with van der Waals surface area (Å²) in [7, 11) is 0. The van der Waals surface area contributed by atoms with Crippen molar-refractivity contribution in [3.63, 3.8) is 0 Å². The van der Waals surface area contributed by atoms with Crippen molar-refractivity contribution in [3.8, 4) is 0 Å². The van der Waals surface area contributed by atoms with E-state index in [1.54, 1.807) is 31.2 Å². The number of carboxylic acid groups (broad SMARTS) is 1. The van der Waals surface area contributed by atoms with Crippen LogP contribution in [0.1, 0.15) is 44.1 Å². The lowest BCUT2D eigenvalue weighted by Crippen LogP contribution is -2.35. The Morgan fingerprint density at radius 3 is 2.45 bits per heavy atom. The molecule has 4 unspecified atom stereocenters. The molecule has 22 heavy (non-hydrogen) atoms. The Morgan fingerprint density at radius 1 is 1.23 bits per heavy atom. The molecule has 0 spiro atoms. The molecule has 0 radical (unpaired) electrons. The lowest BCUT2D eigenvalue weighted by molar-refractivity contribution is -0.138. The van der Waals surface area contributed by atoms with E-state index in [1.807, 2.05) is 0 Å². The Bertz CT molecular complexity index is 583. The van der Waals surface area contributed by atoms with E-state index < -0.39 is 18.1 Å². The summed E-state index contributed by atoms with van der Waals surface area (Å²) >= 11 is 0. The van der Waals surface area contributed by atoms with Crippen LogP contribution >= 0.6 is 0 Å². The molecule has 3 rings (SSSR count). The van der Waals surface area contributed by atoms with Crippen LogP contribution in [-0.4, -0.2) is 28.3 Å². The van der Waals surface area contributed by atoms with Crippen LogP contribution in [0.3, 0.4) is 0 Å². The zero-order valence-corrected chi connectivity index (χ0v) is 12.6. The van der Waals surface area contributed by atoms with Gasteiger partial charge in [-0.3, -0.25) is 14.5 Å². The van der Waals surface area contributed by atoms with Gasteiger partial charge in [-0.05, 0) is 37.5 Å². The molecule has 4 atom stereocenters. The Hall–Kier alpha value is -1.88. The number of carboxylic acids is 1. The largest absolute Gasteiger partial charge is 0.481 e. The summed E-state index contributed by atoms with van der Waals surface area (Å²) in [4.78, 5) is 25.0. The lowest BCUT2D eigenvalue weighted by Gasteiger charge is -2.25. The number of hydrogen-bond acceptors (Lipinski definition) is 3. The van der Waals surface area contributed by atoms with E-state index in [1.165, 1.54) is 4.90 Å². The maximum atomic E-state index is 12.5. The molecule has 0 aromatic heterocycles. The number of aliphatic hydroxyl groups is 1. The molecule has 118 valence electrons. The maximum Gasteiger partial charge on any atom is 0.310 e. The van der Waals surface area contributed by atoms with Crippen LogP contribution in [0, 0.1) is 11.8 Å². The van der Waals surface area contributed by atoms with E-state index in [0.29, 0.717) is 11.3 Å². The third kappa shape index (κ3) is 2.39. The number of benzene rings is 1. The van der Waals surface area contributed by atoms with Crippen molar-refractivity contribution in [2.75, 3.05) is 4.90 Å². The summed E-state index contributed by atoms with van der Waals surface area (Å²) in [5.41, 5.74) is 1.34. The number of fused-ring (bicyclic) bond motifs is 1. The van der Waals surface area contributed by atoms with E-state index in [0.717, 1.165) is 25.7 Å². The minimum Gasteiger partial charge on any atom is -0.481 e. The zero-order chi connectivity index (χ0) is 15.9. The molecular weight excluding hydrogens is 282 g/mol. The van der Waals surface area contributed by atoms with E-state index >= 15 is 0 Å². The number of rotatable bonds is 3. The van der Waals surface area contributed by atoms with E-state index in [9.17, 15) is 14.7 Å². The van der Waals surface area contributed by atoms with E-state index in [2.05, 4.69) is 0 Å². The molecule has 1 aromatic carbocycles. The highest BCUT2D eigenvalue weighted by Gasteiger charge is 2.48. The molecule has 1 aliphatic carbocycles. The van der Waals surface area contributed by atoms with Crippen LogP contribution in [-0.2, 0) is 9.59 Å². The van der Waals surface area contributed by atoms with Gasteiger partial charge < -0.3 is 10.2 Å². The average Bonchev–Trinajstić information content (AvgIpc) is 2.79. The molecule has 1 heterocycles. The fraction of sp³-hybridized carbons (Fsp3) is 0.529. The number of carbonyl (C=O) groups is 2. The van der Waals surface area contributed by atoms with Crippen molar-refractivity contribution in [2.45, 2.75) is 44.8 Å². The van der Waals surface area contributed by atoms with Crippen molar-refractivity contribution in [1.82, 2.24) is 0 Å². The van der Waals surface area contributed by atoms with Crippen molar-refractivity contribution >= 4 is 17.6 Å². The molecule has 2 N–H and O–H groups in total. The first-order valence-corrected chi connectivity index (χ1v) is 7.84. The summed E-state index contributed by atoms with van der Waals surface area (Å²) < 4.78 is 0. The fourth-order valence-electron chi connectivity index (χ4n) is 3.67. The topological polar surface area (TPSA) is 77.8 Å². The van der Waals surface area contributed by atoms with Crippen molar-refractivity contribution in [2.24, 2.45) is 11.8 Å². The highest BCUT2D eigenvalue weighted by molar-refractivity contribution is 5.98. The summed E-state index contributed by atoms with van der Waals surface area (Å²) in [6, 6.07) is 6.90. The summed E-state index contributed by atoms with van der Waals surface area (Å²) in [5, 5.41) is 19.5. The smallest absolute Gasteiger partial charge is 0.310 e. The van der Waals surface area contributed by atoms with Gasteiger partial charge in [-0.2, -0.15) is 0 Å². The van der Waals surface area contributed by atoms with Gasteiger partial charge in [-0.15, -0.1) is 0 Å². The first-order chi connectivity index (χ1) is 10.5. The van der Waals surface area contributed by atoms with Crippen molar-refractivity contribution < 1.29 is 19.8 Å². The van der Waals surface area contributed by atoms with Gasteiger partial charge in [0.2, 0.25) is 5.91 Å².